The van der Waals surface area contributed by atoms with Crippen LogP contribution in [-0.2, 0) is 11.2 Å². The first-order valence-electron chi connectivity index (χ1n) is 5.46. The summed E-state index contributed by atoms with van der Waals surface area (Å²) in [5.74, 6) is 0. The number of pyridine rings is 1. The third-order valence-corrected chi connectivity index (χ3v) is 2.41. The standard InChI is InChI=1S/C12H19NO2/c1-3-12(15-4-2)11(14)9-10-5-7-13-8-6-10/h5-8,11-12,14H,3-4,9H2,1-2H3. The fourth-order valence-electron chi connectivity index (χ4n) is 1.61. The Morgan fingerprint density at radius 2 is 2.00 bits per heavy atom. The summed E-state index contributed by atoms with van der Waals surface area (Å²) in [4.78, 5) is 3.94. The first-order chi connectivity index (χ1) is 7.27. The summed E-state index contributed by atoms with van der Waals surface area (Å²) in [6.45, 7) is 4.61. The zero-order valence-electron chi connectivity index (χ0n) is 9.39. The van der Waals surface area contributed by atoms with E-state index in [1.807, 2.05) is 26.0 Å². The van der Waals surface area contributed by atoms with Crippen LogP contribution in [0.3, 0.4) is 0 Å². The summed E-state index contributed by atoms with van der Waals surface area (Å²) in [6.07, 6.45) is 4.44. The average molecular weight is 209 g/mol. The van der Waals surface area contributed by atoms with E-state index in [9.17, 15) is 5.11 Å². The van der Waals surface area contributed by atoms with Crippen molar-refractivity contribution in [1.29, 1.82) is 0 Å². The average Bonchev–Trinajstić information content (AvgIpc) is 2.27. The third kappa shape index (κ3) is 3.98. The van der Waals surface area contributed by atoms with Gasteiger partial charge in [0, 0.05) is 25.4 Å². The highest BCUT2D eigenvalue weighted by Gasteiger charge is 2.17. The van der Waals surface area contributed by atoms with Crippen LogP contribution in [0.25, 0.3) is 0 Å². The number of aliphatic hydroxyl groups is 1. The molecule has 15 heavy (non-hydrogen) atoms. The molecule has 2 atom stereocenters. The van der Waals surface area contributed by atoms with E-state index in [0.717, 1.165) is 12.0 Å². The van der Waals surface area contributed by atoms with Crippen LogP contribution in [0.4, 0.5) is 0 Å². The molecule has 1 heterocycles. The van der Waals surface area contributed by atoms with Crippen LogP contribution in [-0.4, -0.2) is 28.9 Å². The third-order valence-electron chi connectivity index (χ3n) is 2.41. The summed E-state index contributed by atoms with van der Waals surface area (Å²) in [5.41, 5.74) is 1.09. The van der Waals surface area contributed by atoms with Crippen LogP contribution >= 0.6 is 0 Å². The first-order valence-corrected chi connectivity index (χ1v) is 5.46. The molecule has 0 amide bonds. The molecule has 3 nitrogen and oxygen atoms in total. The summed E-state index contributed by atoms with van der Waals surface area (Å²) < 4.78 is 5.46. The lowest BCUT2D eigenvalue weighted by molar-refractivity contribution is -0.0334. The summed E-state index contributed by atoms with van der Waals surface area (Å²) in [6, 6.07) is 3.84. The van der Waals surface area contributed by atoms with Gasteiger partial charge in [-0.1, -0.05) is 6.92 Å². The molecule has 84 valence electrons. The molecule has 1 N–H and O–H groups in total. The molecule has 1 aromatic heterocycles. The smallest absolute Gasteiger partial charge is 0.0841 e. The van der Waals surface area contributed by atoms with Crippen molar-refractivity contribution in [2.45, 2.75) is 38.9 Å². The molecular formula is C12H19NO2. The Kier molecular flexibility index (Phi) is 5.29. The number of aromatic nitrogens is 1. The lowest BCUT2D eigenvalue weighted by Gasteiger charge is -2.21. The normalized spacial score (nSPS) is 14.9. The minimum atomic E-state index is -0.433. The minimum Gasteiger partial charge on any atom is -0.390 e. The van der Waals surface area contributed by atoms with E-state index in [2.05, 4.69) is 4.98 Å². The van der Waals surface area contributed by atoms with Gasteiger partial charge in [0.05, 0.1) is 12.2 Å². The molecule has 0 radical (unpaired) electrons. The predicted molar refractivity (Wildman–Crippen MR) is 59.7 cm³/mol. The number of rotatable bonds is 6. The van der Waals surface area contributed by atoms with Crippen molar-refractivity contribution < 1.29 is 9.84 Å². The molecule has 0 aliphatic rings. The van der Waals surface area contributed by atoms with Crippen LogP contribution in [0.5, 0.6) is 0 Å². The minimum absolute atomic E-state index is 0.0665. The van der Waals surface area contributed by atoms with Gasteiger partial charge in [-0.3, -0.25) is 4.98 Å². The van der Waals surface area contributed by atoms with Gasteiger partial charge >= 0.3 is 0 Å². The molecule has 0 saturated heterocycles. The maximum absolute atomic E-state index is 9.95. The molecule has 0 saturated carbocycles. The highest BCUT2D eigenvalue weighted by molar-refractivity contribution is 5.11. The molecule has 1 rings (SSSR count). The second kappa shape index (κ2) is 6.53. The van der Waals surface area contributed by atoms with Crippen molar-refractivity contribution in [2.75, 3.05) is 6.61 Å². The Morgan fingerprint density at radius 1 is 1.33 bits per heavy atom. The maximum atomic E-state index is 9.95. The van der Waals surface area contributed by atoms with Gasteiger partial charge in [0.2, 0.25) is 0 Å². The Hall–Kier alpha value is -0.930. The second-order valence-electron chi connectivity index (χ2n) is 3.53. The van der Waals surface area contributed by atoms with E-state index in [4.69, 9.17) is 4.74 Å². The Morgan fingerprint density at radius 3 is 2.53 bits per heavy atom. The van der Waals surface area contributed by atoms with Gasteiger partial charge in [-0.25, -0.2) is 0 Å². The zero-order valence-corrected chi connectivity index (χ0v) is 9.39. The van der Waals surface area contributed by atoms with Gasteiger partial charge in [-0.15, -0.1) is 0 Å². The van der Waals surface area contributed by atoms with E-state index in [-0.39, 0.29) is 6.10 Å². The van der Waals surface area contributed by atoms with Gasteiger partial charge in [0.1, 0.15) is 0 Å². The fraction of sp³-hybridized carbons (Fsp3) is 0.583. The van der Waals surface area contributed by atoms with Gasteiger partial charge in [0.25, 0.3) is 0 Å². The lowest BCUT2D eigenvalue weighted by atomic mass is 10.0. The highest BCUT2D eigenvalue weighted by Crippen LogP contribution is 2.10. The van der Waals surface area contributed by atoms with Gasteiger partial charge in [-0.05, 0) is 31.0 Å². The van der Waals surface area contributed by atoms with Crippen molar-refractivity contribution in [2.24, 2.45) is 0 Å². The van der Waals surface area contributed by atoms with E-state index in [1.165, 1.54) is 0 Å². The first kappa shape index (κ1) is 12.1. The number of nitrogens with zero attached hydrogens (tertiary/aromatic N) is 1. The Labute approximate surface area is 91.1 Å². The SMILES string of the molecule is CCOC(CC)C(O)Cc1ccncc1. The molecule has 3 heteroatoms. The molecule has 0 aromatic carbocycles. The van der Waals surface area contributed by atoms with Crippen molar-refractivity contribution >= 4 is 0 Å². The van der Waals surface area contributed by atoms with Gasteiger partial charge in [-0.2, -0.15) is 0 Å². The molecule has 0 bridgehead atoms. The van der Waals surface area contributed by atoms with Crippen molar-refractivity contribution in [3.05, 3.63) is 30.1 Å². The summed E-state index contributed by atoms with van der Waals surface area (Å²) in [7, 11) is 0. The quantitative estimate of drug-likeness (QED) is 0.776. The van der Waals surface area contributed by atoms with E-state index in [1.54, 1.807) is 12.4 Å². The van der Waals surface area contributed by atoms with Crippen LogP contribution in [0.1, 0.15) is 25.8 Å². The predicted octanol–water partition coefficient (Wildman–Crippen LogP) is 1.80. The van der Waals surface area contributed by atoms with Crippen molar-refractivity contribution in [1.82, 2.24) is 4.98 Å². The zero-order chi connectivity index (χ0) is 11.1. The molecule has 2 unspecified atom stereocenters. The van der Waals surface area contributed by atoms with Gasteiger partial charge in [0.15, 0.2) is 0 Å². The monoisotopic (exact) mass is 209 g/mol. The maximum Gasteiger partial charge on any atom is 0.0841 e. The van der Waals surface area contributed by atoms with Crippen LogP contribution in [0, 0.1) is 0 Å². The molecule has 0 aliphatic heterocycles. The number of ether oxygens (including phenoxy) is 1. The molecule has 1 aromatic rings. The molecular weight excluding hydrogens is 190 g/mol. The highest BCUT2D eigenvalue weighted by atomic mass is 16.5. The topological polar surface area (TPSA) is 42.4 Å². The van der Waals surface area contributed by atoms with Crippen molar-refractivity contribution in [3.8, 4) is 0 Å². The molecule has 0 spiro atoms. The summed E-state index contributed by atoms with van der Waals surface area (Å²) in [5, 5.41) is 9.95. The van der Waals surface area contributed by atoms with E-state index >= 15 is 0 Å². The number of hydrogen-bond acceptors (Lipinski definition) is 3. The number of hydrogen-bond donors (Lipinski definition) is 1. The van der Waals surface area contributed by atoms with Gasteiger partial charge < -0.3 is 9.84 Å². The van der Waals surface area contributed by atoms with E-state index in [0.29, 0.717) is 13.0 Å². The summed E-state index contributed by atoms with van der Waals surface area (Å²) >= 11 is 0. The Balaban J connectivity index is 2.50. The second-order valence-corrected chi connectivity index (χ2v) is 3.53. The molecule has 0 aliphatic carbocycles. The van der Waals surface area contributed by atoms with Crippen molar-refractivity contribution in [3.63, 3.8) is 0 Å². The van der Waals surface area contributed by atoms with E-state index < -0.39 is 6.10 Å². The Bertz CT molecular complexity index is 264. The largest absolute Gasteiger partial charge is 0.390 e. The fourth-order valence-corrected chi connectivity index (χ4v) is 1.61. The van der Waals surface area contributed by atoms with Crippen LogP contribution in [0.15, 0.2) is 24.5 Å². The van der Waals surface area contributed by atoms with Crippen LogP contribution < -0.4 is 0 Å². The lowest BCUT2D eigenvalue weighted by Crippen LogP contribution is -2.30. The number of aliphatic hydroxyl groups excluding tert-OH is 1. The molecule has 0 fully saturated rings. The van der Waals surface area contributed by atoms with Crippen LogP contribution in [0.2, 0.25) is 0 Å².